The third kappa shape index (κ3) is 38.0. The van der Waals surface area contributed by atoms with Crippen LogP contribution in [-0.4, -0.2) is 6.16 Å². The van der Waals surface area contributed by atoms with Gasteiger partial charge in [0, 0.05) is 0 Å². The zero-order chi connectivity index (χ0) is 6.28. The first kappa shape index (κ1) is 9.34. The van der Waals surface area contributed by atoms with E-state index in [2.05, 4.69) is 6.58 Å². The molecular weight excluding hydrogens is 103 g/mol. The Morgan fingerprint density at radius 1 is 1.71 bits per heavy atom. The van der Waals surface area contributed by atoms with Crippen LogP contribution in [0.2, 0.25) is 0 Å². The topological polar surface area (TPSA) is 63.2 Å². The molecule has 0 amide bonds. The summed E-state index contributed by atoms with van der Waals surface area (Å²) in [6.45, 7) is 2.69. The Hall–Kier alpha value is -1.06. The van der Waals surface area contributed by atoms with E-state index in [4.69, 9.17) is 15.0 Å². The molecule has 0 rings (SSSR count). The lowest BCUT2D eigenvalue weighted by molar-refractivity contribution is -0.415. The summed E-state index contributed by atoms with van der Waals surface area (Å²) in [6.07, 6.45) is -2.08. The van der Waals surface area contributed by atoms with E-state index in [1.807, 2.05) is 0 Å². The lowest BCUT2D eigenvalue weighted by Crippen LogP contribution is -2.37. The average Bonchev–Trinajstić information content (AvgIpc) is 1.33. The van der Waals surface area contributed by atoms with Crippen molar-refractivity contribution in [3.8, 4) is 0 Å². The lowest BCUT2D eigenvalue weighted by Gasteiger charge is -1.96. The molecule has 0 heterocycles. The summed E-state index contributed by atoms with van der Waals surface area (Å²) in [5, 5.41) is 16.7. The summed E-state index contributed by atoms with van der Waals surface area (Å²) >= 11 is 0. The molecule has 0 aliphatic carbocycles. The summed E-state index contributed by atoms with van der Waals surface area (Å²) in [5.74, 6) is 0. The van der Waals surface area contributed by atoms with Crippen LogP contribution in [0.1, 0.15) is 0 Å². The minimum Gasteiger partial charge on any atom is -0.652 e. The maximum Gasteiger partial charge on any atom is 0.0795 e. The molecule has 3 nitrogen and oxygen atoms in total. The smallest absolute Gasteiger partial charge is 0.0795 e. The normalized spacial score (nSPS) is 5.29. The molecule has 0 radical (unpaired) electrons. The van der Waals surface area contributed by atoms with Gasteiger partial charge in [-0.05, 0) is 6.16 Å². The van der Waals surface area contributed by atoms with E-state index in [1.165, 1.54) is 0 Å². The molecule has 0 spiro atoms. The quantitative estimate of drug-likeness (QED) is 0.383. The highest BCUT2D eigenvalue weighted by atomic mass is 19.1. The third-order valence-corrected chi connectivity index (χ3v) is 0. The van der Waals surface area contributed by atoms with Crippen LogP contribution in [0.25, 0.3) is 0 Å². The van der Waals surface area contributed by atoms with Gasteiger partial charge >= 0.3 is 0 Å². The van der Waals surface area contributed by atoms with Crippen LogP contribution in [0.15, 0.2) is 12.9 Å². The Morgan fingerprint density at radius 2 is 1.71 bits per heavy atom. The predicted molar refractivity (Wildman–Crippen MR) is 16.7 cm³/mol. The van der Waals surface area contributed by atoms with Crippen LogP contribution in [0.4, 0.5) is 9.18 Å². The van der Waals surface area contributed by atoms with Crippen LogP contribution >= 0.6 is 0 Å². The van der Waals surface area contributed by atoms with Crippen molar-refractivity contribution in [1.29, 1.82) is 0 Å². The molecule has 0 aliphatic rings. The van der Waals surface area contributed by atoms with E-state index in [0.29, 0.717) is 0 Å². The Kier molecular flexibility index (Phi) is 11.8. The second kappa shape index (κ2) is 8.87. The summed E-state index contributed by atoms with van der Waals surface area (Å²) in [4.78, 5) is 8.33. The Labute approximate surface area is 39.7 Å². The van der Waals surface area contributed by atoms with Gasteiger partial charge in [0.2, 0.25) is 0 Å². The van der Waals surface area contributed by atoms with Crippen LogP contribution in [0, 0.1) is 0 Å². The van der Waals surface area contributed by atoms with Crippen molar-refractivity contribution in [1.82, 2.24) is 0 Å². The standard InChI is InChI=1S/C2H3F.CH2O3/c1-2-3;2-1(3)4/h2H,1H2;(H2,2,3,4)/p-2. The van der Waals surface area contributed by atoms with Crippen LogP contribution in [0.5, 0.6) is 0 Å². The van der Waals surface area contributed by atoms with Crippen molar-refractivity contribution >= 4 is 6.16 Å². The number of carbonyl (C=O) groups excluding carboxylic acids is 1. The van der Waals surface area contributed by atoms with E-state index in [-0.39, 0.29) is 6.33 Å². The van der Waals surface area contributed by atoms with Gasteiger partial charge in [0.25, 0.3) is 0 Å². The molecule has 0 aliphatic heterocycles. The molecule has 0 aromatic rings. The Bertz CT molecular complexity index is 57.2. The molecule has 0 aromatic carbocycles. The largest absolute Gasteiger partial charge is 0.652 e. The first-order valence-corrected chi connectivity index (χ1v) is 1.24. The highest BCUT2D eigenvalue weighted by molar-refractivity contribution is 5.47. The van der Waals surface area contributed by atoms with E-state index < -0.39 is 6.16 Å². The van der Waals surface area contributed by atoms with Crippen molar-refractivity contribution in [3.63, 3.8) is 0 Å². The first-order valence-electron chi connectivity index (χ1n) is 1.24. The molecule has 0 aromatic heterocycles. The Balaban J connectivity index is 0. The SMILES string of the molecule is C=CF.O=C([O-])[O-]. The molecule has 0 unspecified atom stereocenters. The molecule has 0 N–H and O–H groups in total. The Morgan fingerprint density at radius 3 is 1.71 bits per heavy atom. The van der Waals surface area contributed by atoms with Gasteiger partial charge in [-0.1, -0.05) is 6.58 Å². The summed E-state index contributed by atoms with van der Waals surface area (Å²) in [6, 6.07) is 0. The van der Waals surface area contributed by atoms with Crippen molar-refractivity contribution in [2.75, 3.05) is 0 Å². The average molecular weight is 106 g/mol. The maximum absolute atomic E-state index is 10.1. The summed E-state index contributed by atoms with van der Waals surface area (Å²) < 4.78 is 10.1. The monoisotopic (exact) mass is 106 g/mol. The zero-order valence-corrected chi connectivity index (χ0v) is 3.39. The van der Waals surface area contributed by atoms with Gasteiger partial charge in [-0.15, -0.1) is 0 Å². The number of rotatable bonds is 0. The van der Waals surface area contributed by atoms with Crippen molar-refractivity contribution in [2.24, 2.45) is 0 Å². The van der Waals surface area contributed by atoms with Gasteiger partial charge in [-0.2, -0.15) is 0 Å². The van der Waals surface area contributed by atoms with Gasteiger partial charge in [0.05, 0.1) is 6.33 Å². The van der Waals surface area contributed by atoms with Gasteiger partial charge in [0.1, 0.15) is 0 Å². The molecule has 0 saturated carbocycles. The fourth-order valence-corrected chi connectivity index (χ4v) is 0. The van der Waals surface area contributed by atoms with E-state index in [0.717, 1.165) is 0 Å². The minimum absolute atomic E-state index is 0.250. The van der Waals surface area contributed by atoms with E-state index >= 15 is 0 Å². The molecule has 0 fully saturated rings. The van der Waals surface area contributed by atoms with Gasteiger partial charge in [0.15, 0.2) is 0 Å². The summed E-state index contributed by atoms with van der Waals surface area (Å²) in [7, 11) is 0. The van der Waals surface area contributed by atoms with Crippen molar-refractivity contribution in [2.45, 2.75) is 0 Å². The van der Waals surface area contributed by atoms with Crippen LogP contribution < -0.4 is 10.2 Å². The number of carbonyl (C=O) groups is 1. The second-order valence-electron chi connectivity index (χ2n) is 0.404. The highest BCUT2D eigenvalue weighted by Gasteiger charge is 1.26. The maximum atomic E-state index is 10.1. The zero-order valence-electron chi connectivity index (χ0n) is 3.39. The predicted octanol–water partition coefficient (Wildman–Crippen LogP) is -1.35. The van der Waals surface area contributed by atoms with Gasteiger partial charge in [-0.25, -0.2) is 4.39 Å². The number of hydrogen-bond donors (Lipinski definition) is 0. The second-order valence-corrected chi connectivity index (χ2v) is 0.404. The number of halogens is 1. The lowest BCUT2D eigenvalue weighted by atomic mass is 11.2. The molecule has 42 valence electrons. The van der Waals surface area contributed by atoms with Gasteiger partial charge in [-0.3, -0.25) is 0 Å². The van der Waals surface area contributed by atoms with E-state index in [1.54, 1.807) is 0 Å². The fraction of sp³-hybridized carbons (Fsp3) is 0. The minimum atomic E-state index is -2.33. The van der Waals surface area contributed by atoms with Crippen LogP contribution in [-0.2, 0) is 0 Å². The number of hydrogen-bond acceptors (Lipinski definition) is 3. The molecule has 4 heteroatoms. The van der Waals surface area contributed by atoms with Crippen molar-refractivity contribution in [3.05, 3.63) is 12.9 Å². The third-order valence-electron chi connectivity index (χ3n) is 0. The molecule has 7 heavy (non-hydrogen) atoms. The molecule has 0 saturated heterocycles. The van der Waals surface area contributed by atoms with Crippen molar-refractivity contribution < 1.29 is 19.4 Å². The molecule has 0 bridgehead atoms. The fourth-order valence-electron chi connectivity index (χ4n) is 0. The highest BCUT2D eigenvalue weighted by Crippen LogP contribution is 1.48. The molecular formula is C3H3FO3-2. The first-order chi connectivity index (χ1) is 3.15. The van der Waals surface area contributed by atoms with Gasteiger partial charge < -0.3 is 15.0 Å². The summed E-state index contributed by atoms with van der Waals surface area (Å²) in [5.41, 5.74) is 0. The number of carboxylic acid groups (broad SMARTS) is 2. The molecule has 0 atom stereocenters. The van der Waals surface area contributed by atoms with E-state index in [9.17, 15) is 4.39 Å². The van der Waals surface area contributed by atoms with Crippen LogP contribution in [0.3, 0.4) is 0 Å².